The summed E-state index contributed by atoms with van der Waals surface area (Å²) in [5.41, 5.74) is 8.19. The van der Waals surface area contributed by atoms with Crippen LogP contribution in [-0.4, -0.2) is 19.5 Å². The highest BCUT2D eigenvalue weighted by atomic mass is 15.1. The molecule has 0 saturated carbocycles. The molecule has 0 amide bonds. The molecule has 3 aromatic rings. The van der Waals surface area contributed by atoms with Crippen LogP contribution >= 0.6 is 0 Å². The Balaban J connectivity index is 2.05. The van der Waals surface area contributed by atoms with Crippen molar-refractivity contribution in [2.24, 2.45) is 0 Å². The number of hydrogen-bond donors (Lipinski definition) is 1. The van der Waals surface area contributed by atoms with E-state index in [0.717, 1.165) is 11.2 Å². The second-order valence-corrected chi connectivity index (χ2v) is 3.69. The standard InChI is InChI=1S/C12H10N5/c13-11-10-12(15-7-14-11)17(8-16-10)6-9-4-2-1-3-5-9/h1-4,7-8H,6H2,(H2,13,14,15). The molecule has 2 heterocycles. The normalized spacial score (nSPS) is 10.8. The Morgan fingerprint density at radius 2 is 2.18 bits per heavy atom. The van der Waals surface area contributed by atoms with Gasteiger partial charge in [-0.1, -0.05) is 24.3 Å². The molecule has 3 rings (SSSR count). The maximum atomic E-state index is 5.73. The number of benzene rings is 1. The molecule has 0 bridgehead atoms. The fourth-order valence-electron chi connectivity index (χ4n) is 1.73. The summed E-state index contributed by atoms with van der Waals surface area (Å²) in [5.74, 6) is 0.408. The minimum atomic E-state index is 0.408. The van der Waals surface area contributed by atoms with Crippen molar-refractivity contribution in [3.05, 3.63) is 48.5 Å². The molecule has 0 atom stereocenters. The zero-order valence-electron chi connectivity index (χ0n) is 9.04. The van der Waals surface area contributed by atoms with Crippen LogP contribution in [-0.2, 0) is 6.54 Å². The van der Waals surface area contributed by atoms with Gasteiger partial charge in [-0.3, -0.25) is 0 Å². The van der Waals surface area contributed by atoms with Gasteiger partial charge < -0.3 is 10.3 Å². The molecule has 0 aliphatic heterocycles. The smallest absolute Gasteiger partial charge is 0.165 e. The lowest BCUT2D eigenvalue weighted by Crippen LogP contribution is -2.00. The zero-order chi connectivity index (χ0) is 11.7. The fourth-order valence-corrected chi connectivity index (χ4v) is 1.73. The predicted octanol–water partition coefficient (Wildman–Crippen LogP) is 1.26. The molecule has 2 N–H and O–H groups in total. The van der Waals surface area contributed by atoms with Crippen LogP contribution in [0.4, 0.5) is 5.82 Å². The second-order valence-electron chi connectivity index (χ2n) is 3.69. The maximum absolute atomic E-state index is 5.73. The molecule has 1 radical (unpaired) electrons. The van der Waals surface area contributed by atoms with Crippen LogP contribution in [0.1, 0.15) is 5.56 Å². The van der Waals surface area contributed by atoms with Crippen molar-refractivity contribution in [3.63, 3.8) is 0 Å². The largest absolute Gasteiger partial charge is 0.382 e. The Bertz CT molecular complexity index is 644. The highest BCUT2D eigenvalue weighted by Crippen LogP contribution is 2.15. The predicted molar refractivity (Wildman–Crippen MR) is 64.1 cm³/mol. The molecule has 0 unspecified atom stereocenters. The van der Waals surface area contributed by atoms with Gasteiger partial charge in [-0.05, 0) is 11.6 Å². The monoisotopic (exact) mass is 224 g/mol. The Morgan fingerprint density at radius 3 is 3.00 bits per heavy atom. The quantitative estimate of drug-likeness (QED) is 0.711. The number of anilines is 1. The molecule has 0 fully saturated rings. The van der Waals surface area contributed by atoms with Crippen LogP contribution < -0.4 is 5.73 Å². The van der Waals surface area contributed by atoms with E-state index in [1.54, 1.807) is 6.33 Å². The first-order chi connectivity index (χ1) is 8.34. The first-order valence-corrected chi connectivity index (χ1v) is 5.21. The summed E-state index contributed by atoms with van der Waals surface area (Å²) in [4.78, 5) is 12.3. The van der Waals surface area contributed by atoms with E-state index < -0.39 is 0 Å². The van der Waals surface area contributed by atoms with E-state index in [9.17, 15) is 0 Å². The lowest BCUT2D eigenvalue weighted by molar-refractivity contribution is 0.812. The first-order valence-electron chi connectivity index (χ1n) is 5.21. The third kappa shape index (κ3) is 1.71. The third-order valence-electron chi connectivity index (χ3n) is 2.54. The van der Waals surface area contributed by atoms with Gasteiger partial charge in [0.05, 0.1) is 12.9 Å². The van der Waals surface area contributed by atoms with E-state index in [1.807, 2.05) is 28.8 Å². The lowest BCUT2D eigenvalue weighted by Gasteiger charge is -2.03. The molecular weight excluding hydrogens is 214 g/mol. The highest BCUT2D eigenvalue weighted by molar-refractivity contribution is 5.81. The number of fused-ring (bicyclic) bond motifs is 1. The summed E-state index contributed by atoms with van der Waals surface area (Å²) in [6, 6.07) is 11.0. The summed E-state index contributed by atoms with van der Waals surface area (Å²) < 4.78 is 1.93. The number of nitrogens with two attached hydrogens (primary N) is 1. The average molecular weight is 224 g/mol. The Kier molecular flexibility index (Phi) is 2.22. The number of nitrogens with zero attached hydrogens (tertiary/aromatic N) is 4. The van der Waals surface area contributed by atoms with Gasteiger partial charge in [-0.15, -0.1) is 0 Å². The minimum Gasteiger partial charge on any atom is -0.382 e. The van der Waals surface area contributed by atoms with E-state index in [1.165, 1.54) is 6.33 Å². The Morgan fingerprint density at radius 1 is 1.24 bits per heavy atom. The molecule has 17 heavy (non-hydrogen) atoms. The number of imidazole rings is 1. The average Bonchev–Trinajstić information content (AvgIpc) is 2.76. The van der Waals surface area contributed by atoms with Crippen LogP contribution in [0.15, 0.2) is 36.9 Å². The Hall–Kier alpha value is -2.43. The van der Waals surface area contributed by atoms with E-state index in [-0.39, 0.29) is 0 Å². The highest BCUT2D eigenvalue weighted by Gasteiger charge is 2.07. The topological polar surface area (TPSA) is 69.6 Å². The van der Waals surface area contributed by atoms with Gasteiger partial charge >= 0.3 is 0 Å². The van der Waals surface area contributed by atoms with Crippen LogP contribution in [0.25, 0.3) is 11.2 Å². The number of nitrogen functional groups attached to an aromatic ring is 1. The van der Waals surface area contributed by atoms with Crippen molar-refractivity contribution < 1.29 is 0 Å². The fraction of sp³-hybridized carbons (Fsp3) is 0.0833. The van der Waals surface area contributed by atoms with Gasteiger partial charge in [0, 0.05) is 0 Å². The Labute approximate surface area is 98.0 Å². The molecule has 1 aromatic carbocycles. The summed E-state index contributed by atoms with van der Waals surface area (Å²) in [5, 5.41) is 0. The van der Waals surface area contributed by atoms with Crippen molar-refractivity contribution >= 4 is 17.0 Å². The van der Waals surface area contributed by atoms with Crippen molar-refractivity contribution in [3.8, 4) is 0 Å². The number of aromatic nitrogens is 4. The van der Waals surface area contributed by atoms with Gasteiger partial charge in [0.25, 0.3) is 0 Å². The molecule has 83 valence electrons. The van der Waals surface area contributed by atoms with E-state index in [0.29, 0.717) is 17.9 Å². The van der Waals surface area contributed by atoms with Gasteiger partial charge in [0.15, 0.2) is 11.5 Å². The van der Waals surface area contributed by atoms with Gasteiger partial charge in [0.2, 0.25) is 0 Å². The lowest BCUT2D eigenvalue weighted by atomic mass is 10.2. The molecule has 0 spiro atoms. The molecule has 5 nitrogen and oxygen atoms in total. The van der Waals surface area contributed by atoms with Crippen LogP contribution in [0.3, 0.4) is 0 Å². The molecule has 0 aliphatic carbocycles. The SMILES string of the molecule is Nc1ncnc2c1ncn2Cc1[c]cccc1. The molecule has 0 saturated heterocycles. The summed E-state index contributed by atoms with van der Waals surface area (Å²) in [6.45, 7) is 0.674. The minimum absolute atomic E-state index is 0.408. The van der Waals surface area contributed by atoms with Crippen molar-refractivity contribution in [2.45, 2.75) is 6.54 Å². The second kappa shape index (κ2) is 3.86. The maximum Gasteiger partial charge on any atom is 0.165 e. The summed E-state index contributed by atoms with van der Waals surface area (Å²) in [6.07, 6.45) is 3.17. The van der Waals surface area contributed by atoms with Crippen LogP contribution in [0.5, 0.6) is 0 Å². The van der Waals surface area contributed by atoms with Gasteiger partial charge in [0.1, 0.15) is 11.8 Å². The molecular formula is C12H10N5. The molecule has 0 aliphatic rings. The first kappa shape index (κ1) is 9.77. The molecule has 5 heteroatoms. The van der Waals surface area contributed by atoms with Gasteiger partial charge in [-0.2, -0.15) is 0 Å². The molecule has 2 aromatic heterocycles. The van der Waals surface area contributed by atoms with E-state index in [2.05, 4.69) is 21.0 Å². The van der Waals surface area contributed by atoms with Crippen LogP contribution in [0, 0.1) is 6.07 Å². The summed E-state index contributed by atoms with van der Waals surface area (Å²) in [7, 11) is 0. The van der Waals surface area contributed by atoms with Gasteiger partial charge in [-0.25, -0.2) is 15.0 Å². The van der Waals surface area contributed by atoms with Crippen molar-refractivity contribution in [2.75, 3.05) is 5.73 Å². The van der Waals surface area contributed by atoms with E-state index in [4.69, 9.17) is 5.73 Å². The van der Waals surface area contributed by atoms with Crippen molar-refractivity contribution in [1.82, 2.24) is 19.5 Å². The van der Waals surface area contributed by atoms with E-state index >= 15 is 0 Å². The number of rotatable bonds is 2. The van der Waals surface area contributed by atoms with Crippen molar-refractivity contribution in [1.29, 1.82) is 0 Å². The third-order valence-corrected chi connectivity index (χ3v) is 2.54. The number of hydrogen-bond acceptors (Lipinski definition) is 4. The zero-order valence-corrected chi connectivity index (χ0v) is 9.04. The summed E-state index contributed by atoms with van der Waals surface area (Å²) >= 11 is 0. The van der Waals surface area contributed by atoms with Crippen LogP contribution in [0.2, 0.25) is 0 Å².